The van der Waals surface area contributed by atoms with E-state index in [9.17, 15) is 19.7 Å². The molecule has 1 aliphatic rings. The van der Waals surface area contributed by atoms with Gasteiger partial charge in [0.1, 0.15) is 0 Å². The summed E-state index contributed by atoms with van der Waals surface area (Å²) in [6.45, 7) is 1.90. The monoisotopic (exact) mass is 429 g/mol. The van der Waals surface area contributed by atoms with Gasteiger partial charge in [0.05, 0.1) is 16.9 Å². The van der Waals surface area contributed by atoms with Gasteiger partial charge in [-0.1, -0.05) is 35.5 Å². The Hall–Kier alpha value is -3.24. The number of thioether (sulfide) groups is 1. The lowest BCUT2D eigenvalue weighted by atomic mass is 10.1. The second-order valence-electron chi connectivity index (χ2n) is 6.01. The average molecular weight is 429 g/mol. The smallest absolute Gasteiger partial charge is 0.311 e. The molecule has 0 aromatic heterocycles. The number of nitrogens with zero attached hydrogens (tertiary/aromatic N) is 2. The van der Waals surface area contributed by atoms with Gasteiger partial charge in [-0.2, -0.15) is 5.01 Å². The number of rotatable bonds is 5. The van der Waals surface area contributed by atoms with E-state index in [-0.39, 0.29) is 20.7 Å². The lowest BCUT2D eigenvalue weighted by Crippen LogP contribution is -2.44. The van der Waals surface area contributed by atoms with Gasteiger partial charge in [0.25, 0.3) is 11.8 Å². The maximum absolute atomic E-state index is 12.7. The number of aryl methyl sites for hydroxylation is 1. The minimum Gasteiger partial charge on any atom is -0.490 e. The lowest BCUT2D eigenvalue weighted by Gasteiger charge is -2.15. The van der Waals surface area contributed by atoms with Gasteiger partial charge >= 0.3 is 5.69 Å². The van der Waals surface area contributed by atoms with E-state index in [0.29, 0.717) is 11.1 Å². The number of methoxy groups -OCH3 is 1. The number of thiocarbonyl (C=S) groups is 1. The molecule has 0 radical (unpaired) electrons. The van der Waals surface area contributed by atoms with Gasteiger partial charge in [-0.15, -0.1) is 0 Å². The average Bonchev–Trinajstić information content (AvgIpc) is 2.95. The normalized spacial score (nSPS) is 15.0. The van der Waals surface area contributed by atoms with E-state index in [1.54, 1.807) is 30.3 Å². The molecule has 2 aromatic carbocycles. The standard InChI is InChI=1S/C19H15N3O5S2/c1-11-3-6-13(7-4-11)17(23)20-21-18(24)16(29-19(21)28)10-12-5-8-15(27-2)14(9-12)22(25)26/h3-10H,1-2H3,(H,20,23)/b16-10-. The number of hydrazine groups is 1. The van der Waals surface area contributed by atoms with Gasteiger partial charge in [-0.05, 0) is 49.0 Å². The summed E-state index contributed by atoms with van der Waals surface area (Å²) in [5, 5.41) is 12.2. The Labute approximate surface area is 175 Å². The zero-order chi connectivity index (χ0) is 21.1. The molecule has 3 rings (SSSR count). The highest BCUT2D eigenvalue weighted by Gasteiger charge is 2.34. The third kappa shape index (κ3) is 4.44. The SMILES string of the molecule is COc1ccc(/C=C2\SC(=S)N(NC(=O)c3ccc(C)cc3)C2=O)cc1[N+](=O)[O-]. The number of nitro groups is 1. The number of hydrogen-bond donors (Lipinski definition) is 1. The second kappa shape index (κ2) is 8.41. The van der Waals surface area contributed by atoms with Crippen LogP contribution < -0.4 is 10.2 Å². The fourth-order valence-electron chi connectivity index (χ4n) is 2.53. The van der Waals surface area contributed by atoms with Crippen LogP contribution in [0.2, 0.25) is 0 Å². The molecule has 0 atom stereocenters. The van der Waals surface area contributed by atoms with E-state index in [1.807, 2.05) is 6.92 Å². The fourth-order valence-corrected chi connectivity index (χ4v) is 3.71. The largest absolute Gasteiger partial charge is 0.490 e. The minimum absolute atomic E-state index is 0.116. The summed E-state index contributed by atoms with van der Waals surface area (Å²) in [6, 6.07) is 11.2. The molecule has 1 fully saturated rings. The fraction of sp³-hybridized carbons (Fsp3) is 0.105. The molecule has 1 aliphatic heterocycles. The molecular weight excluding hydrogens is 414 g/mol. The molecule has 0 aliphatic carbocycles. The molecule has 0 unspecified atom stereocenters. The Morgan fingerprint density at radius 2 is 1.97 bits per heavy atom. The van der Waals surface area contributed by atoms with Crippen LogP contribution in [0.1, 0.15) is 21.5 Å². The third-order valence-corrected chi connectivity index (χ3v) is 5.32. The predicted molar refractivity (Wildman–Crippen MR) is 113 cm³/mol. The number of carbonyl (C=O) groups excluding carboxylic acids is 2. The molecule has 2 aromatic rings. The zero-order valence-electron chi connectivity index (χ0n) is 15.4. The van der Waals surface area contributed by atoms with Crippen LogP contribution in [-0.2, 0) is 4.79 Å². The van der Waals surface area contributed by atoms with Crippen molar-refractivity contribution in [3.05, 3.63) is 74.2 Å². The van der Waals surface area contributed by atoms with E-state index in [1.165, 1.54) is 25.3 Å². The third-order valence-electron chi connectivity index (χ3n) is 4.02. The van der Waals surface area contributed by atoms with Gasteiger partial charge in [0, 0.05) is 11.6 Å². The molecule has 0 spiro atoms. The molecule has 1 N–H and O–H groups in total. The van der Waals surface area contributed by atoms with E-state index < -0.39 is 16.7 Å². The molecule has 2 amide bonds. The van der Waals surface area contributed by atoms with Crippen LogP contribution in [0.5, 0.6) is 5.75 Å². The quantitative estimate of drug-likeness (QED) is 0.336. The van der Waals surface area contributed by atoms with Crippen molar-refractivity contribution in [2.24, 2.45) is 0 Å². The van der Waals surface area contributed by atoms with E-state index in [0.717, 1.165) is 22.3 Å². The van der Waals surface area contributed by atoms with Crippen LogP contribution in [0.15, 0.2) is 47.4 Å². The van der Waals surface area contributed by atoms with Crippen molar-refractivity contribution in [3.8, 4) is 5.75 Å². The molecule has 10 heteroatoms. The number of ether oxygens (including phenoxy) is 1. The van der Waals surface area contributed by atoms with Crippen LogP contribution in [-0.4, -0.2) is 33.2 Å². The molecule has 29 heavy (non-hydrogen) atoms. The highest BCUT2D eigenvalue weighted by atomic mass is 32.2. The molecule has 8 nitrogen and oxygen atoms in total. The summed E-state index contributed by atoms with van der Waals surface area (Å²) in [7, 11) is 1.34. The van der Waals surface area contributed by atoms with Crippen LogP contribution in [0, 0.1) is 17.0 Å². The van der Waals surface area contributed by atoms with Crippen molar-refractivity contribution in [2.45, 2.75) is 6.92 Å². The first kappa shape index (κ1) is 20.5. The van der Waals surface area contributed by atoms with Gasteiger partial charge in [-0.25, -0.2) is 0 Å². The summed E-state index contributed by atoms with van der Waals surface area (Å²) in [4.78, 5) is 35.9. The number of amides is 2. The summed E-state index contributed by atoms with van der Waals surface area (Å²) in [6.07, 6.45) is 1.48. The van der Waals surface area contributed by atoms with E-state index >= 15 is 0 Å². The van der Waals surface area contributed by atoms with Crippen molar-refractivity contribution in [1.29, 1.82) is 0 Å². The first-order valence-electron chi connectivity index (χ1n) is 8.28. The minimum atomic E-state index is -0.566. The Kier molecular flexibility index (Phi) is 5.95. The summed E-state index contributed by atoms with van der Waals surface area (Å²) >= 11 is 6.18. The lowest BCUT2D eigenvalue weighted by molar-refractivity contribution is -0.385. The van der Waals surface area contributed by atoms with Crippen molar-refractivity contribution in [3.63, 3.8) is 0 Å². The van der Waals surface area contributed by atoms with Crippen molar-refractivity contribution >= 4 is 51.9 Å². The van der Waals surface area contributed by atoms with Gasteiger partial charge in [0.15, 0.2) is 10.1 Å². The number of carbonyl (C=O) groups is 2. The summed E-state index contributed by atoms with van der Waals surface area (Å²) in [5.41, 5.74) is 4.10. The molecule has 1 heterocycles. The zero-order valence-corrected chi connectivity index (χ0v) is 17.0. The van der Waals surface area contributed by atoms with Crippen molar-refractivity contribution in [2.75, 3.05) is 7.11 Å². The molecular formula is C19H15N3O5S2. The van der Waals surface area contributed by atoms with Crippen LogP contribution in [0.25, 0.3) is 6.08 Å². The molecule has 0 bridgehead atoms. The number of benzene rings is 2. The second-order valence-corrected chi connectivity index (χ2v) is 7.69. The Balaban J connectivity index is 1.81. The van der Waals surface area contributed by atoms with Crippen LogP contribution >= 0.6 is 24.0 Å². The molecule has 148 valence electrons. The van der Waals surface area contributed by atoms with Gasteiger partial charge < -0.3 is 4.74 Å². The van der Waals surface area contributed by atoms with Gasteiger partial charge in [0.2, 0.25) is 0 Å². The Morgan fingerprint density at radius 1 is 1.28 bits per heavy atom. The number of hydrogen-bond acceptors (Lipinski definition) is 7. The van der Waals surface area contributed by atoms with Crippen molar-refractivity contribution in [1.82, 2.24) is 10.4 Å². The van der Waals surface area contributed by atoms with Crippen molar-refractivity contribution < 1.29 is 19.2 Å². The topological polar surface area (TPSA) is 102 Å². The maximum Gasteiger partial charge on any atom is 0.311 e. The highest BCUT2D eigenvalue weighted by Crippen LogP contribution is 2.34. The predicted octanol–water partition coefficient (Wildman–Crippen LogP) is 3.46. The van der Waals surface area contributed by atoms with Crippen LogP contribution in [0.4, 0.5) is 5.69 Å². The van der Waals surface area contributed by atoms with E-state index in [2.05, 4.69) is 5.43 Å². The summed E-state index contributed by atoms with van der Waals surface area (Å²) in [5.74, 6) is -0.869. The highest BCUT2D eigenvalue weighted by molar-refractivity contribution is 8.26. The molecule has 1 saturated heterocycles. The molecule has 0 saturated carbocycles. The number of nitro benzene ring substituents is 1. The van der Waals surface area contributed by atoms with Gasteiger partial charge in [-0.3, -0.25) is 25.1 Å². The summed E-state index contributed by atoms with van der Waals surface area (Å²) < 4.78 is 5.13. The Bertz CT molecular complexity index is 1050. The first-order chi connectivity index (χ1) is 13.8. The van der Waals surface area contributed by atoms with E-state index in [4.69, 9.17) is 17.0 Å². The Morgan fingerprint density at radius 3 is 2.59 bits per heavy atom. The maximum atomic E-state index is 12.7. The van der Waals surface area contributed by atoms with Crippen LogP contribution in [0.3, 0.4) is 0 Å². The number of nitrogens with one attached hydrogen (secondary N) is 1. The first-order valence-corrected chi connectivity index (χ1v) is 9.50.